The second kappa shape index (κ2) is 5.82. The average molecular weight is 185 g/mol. The molecule has 0 aliphatic heterocycles. The van der Waals surface area contributed by atoms with Crippen molar-refractivity contribution in [2.24, 2.45) is 5.11 Å². The molecule has 0 aromatic carbocycles. The molecule has 2 N–H and O–H groups in total. The van der Waals surface area contributed by atoms with Crippen LogP contribution in [0.15, 0.2) is 5.11 Å². The van der Waals surface area contributed by atoms with Crippen LogP contribution in [-0.2, 0) is 4.74 Å². The van der Waals surface area contributed by atoms with Crippen molar-refractivity contribution in [1.82, 2.24) is 0 Å². The highest BCUT2D eigenvalue weighted by Crippen LogP contribution is 2.15. The van der Waals surface area contributed by atoms with Gasteiger partial charge in [-0.1, -0.05) is 12.0 Å². The molecule has 7 heteroatoms. The van der Waals surface area contributed by atoms with Crippen LogP contribution in [0.25, 0.3) is 10.4 Å². The number of hydrogen-bond acceptors (Lipinski definition) is 4. The van der Waals surface area contributed by atoms with E-state index in [4.69, 9.17) is 28.3 Å². The van der Waals surface area contributed by atoms with E-state index in [-0.39, 0.29) is 0 Å². The van der Waals surface area contributed by atoms with Gasteiger partial charge in [0.25, 0.3) is 0 Å². The highest BCUT2D eigenvalue weighted by atomic mass is 16.5. The van der Waals surface area contributed by atoms with Gasteiger partial charge in [-0.2, -0.15) is 0 Å². The van der Waals surface area contributed by atoms with Crippen LogP contribution in [0.1, 0.15) is 13.3 Å². The van der Waals surface area contributed by atoms with E-state index < -0.39 is 24.9 Å². The minimum atomic E-state index is -1.65. The van der Waals surface area contributed by atoms with E-state index in [0.717, 1.165) is 0 Å². The molecule has 0 fully saturated rings. The maximum Gasteiger partial charge on any atom is 0.192 e. The second-order valence-electron chi connectivity index (χ2n) is 2.52. The number of hydrogen-bond donors (Lipinski definition) is 2. The number of azide groups is 1. The van der Waals surface area contributed by atoms with Crippen molar-refractivity contribution in [3.8, 4) is 0 Å². The summed E-state index contributed by atoms with van der Waals surface area (Å²) in [6, 6.07) is -0.676. The summed E-state index contributed by atoms with van der Waals surface area (Å²) in [5.74, 6) is 0. The van der Waals surface area contributed by atoms with Crippen LogP contribution >= 0.6 is 0 Å². The summed E-state index contributed by atoms with van der Waals surface area (Å²) < 4.78 is 4.98. The Labute approximate surface area is 77.6 Å². The molecule has 0 aromatic rings. The number of ether oxygens (including phenoxy) is 1. The Morgan fingerprint density at radius 3 is 2.46 bits per heavy atom. The summed E-state index contributed by atoms with van der Waals surface area (Å²) in [5.41, 5.74) is 6.52. The first kappa shape index (κ1) is 12.3. The first-order chi connectivity index (χ1) is 6.14. The first-order valence-electron chi connectivity index (χ1n) is 3.85. The van der Waals surface area contributed by atoms with E-state index in [1.54, 1.807) is 6.92 Å². The van der Waals surface area contributed by atoms with E-state index in [2.05, 4.69) is 10.0 Å². The number of nitrogens with zero attached hydrogens (tertiary/aromatic N) is 3. The minimum absolute atomic E-state index is 0.489. The molecule has 0 unspecified atom stereocenters. The molecule has 13 heavy (non-hydrogen) atoms. The Hall–Kier alpha value is -0.745. The normalized spacial score (nSPS) is 13.5. The van der Waals surface area contributed by atoms with Gasteiger partial charge in [0, 0.05) is 10.9 Å². The monoisotopic (exact) mass is 185 g/mol. The molecule has 0 saturated carbocycles. The van der Waals surface area contributed by atoms with Crippen molar-refractivity contribution in [3.05, 3.63) is 10.4 Å². The van der Waals surface area contributed by atoms with Crippen molar-refractivity contribution >= 4 is 7.85 Å². The zero-order chi connectivity index (χ0) is 10.3. The van der Waals surface area contributed by atoms with Crippen molar-refractivity contribution in [1.29, 1.82) is 0 Å². The van der Waals surface area contributed by atoms with Gasteiger partial charge < -0.3 is 14.9 Å². The molecule has 0 saturated heterocycles. The molecule has 0 amide bonds. The highest BCUT2D eigenvalue weighted by Gasteiger charge is 2.29. The van der Waals surface area contributed by atoms with Gasteiger partial charge >= 0.3 is 0 Å². The van der Waals surface area contributed by atoms with Gasteiger partial charge in [-0.15, -0.1) is 0 Å². The van der Waals surface area contributed by atoms with Crippen molar-refractivity contribution in [3.63, 3.8) is 0 Å². The molecular formula is C6H12BN3O3. The Morgan fingerprint density at radius 2 is 2.15 bits per heavy atom. The number of aliphatic hydroxyl groups is 2. The quantitative estimate of drug-likeness (QED) is 0.261. The predicted molar refractivity (Wildman–Crippen MR) is 47.0 cm³/mol. The van der Waals surface area contributed by atoms with Crippen molar-refractivity contribution < 1.29 is 14.9 Å². The van der Waals surface area contributed by atoms with Crippen LogP contribution in [0.3, 0.4) is 0 Å². The summed E-state index contributed by atoms with van der Waals surface area (Å²) in [6.07, 6.45) is 0.489. The average Bonchev–Trinajstić information content (AvgIpc) is 2.17. The Kier molecular flexibility index (Phi) is 5.49. The lowest BCUT2D eigenvalue weighted by Gasteiger charge is -2.28. The summed E-state index contributed by atoms with van der Waals surface area (Å²) in [7, 11) is 5.41. The molecule has 0 aliphatic carbocycles. The fraction of sp³-hybridized carbons (Fsp3) is 1.00. The third kappa shape index (κ3) is 3.65. The smallest absolute Gasteiger partial charge is 0.192 e. The SMILES string of the molecule is [B][C@@H](CC)OC(CO)(CO)N=[N+]=[N-]. The Bertz CT molecular complexity index is 192. The van der Waals surface area contributed by atoms with Gasteiger partial charge in [0.15, 0.2) is 5.72 Å². The molecule has 2 radical (unpaired) electrons. The van der Waals surface area contributed by atoms with Gasteiger partial charge in [0.05, 0.1) is 13.2 Å². The second-order valence-corrected chi connectivity index (χ2v) is 2.52. The predicted octanol–water partition coefficient (Wildman–Crippen LogP) is -0.101. The third-order valence-electron chi connectivity index (χ3n) is 1.49. The highest BCUT2D eigenvalue weighted by molar-refractivity contribution is 6.10. The summed E-state index contributed by atoms with van der Waals surface area (Å²) in [6.45, 7) is 0.544. The zero-order valence-corrected chi connectivity index (χ0v) is 7.42. The molecule has 0 aliphatic rings. The van der Waals surface area contributed by atoms with Gasteiger partial charge in [-0.05, 0) is 12.0 Å². The van der Waals surface area contributed by atoms with Gasteiger partial charge in [0.1, 0.15) is 7.85 Å². The standard InChI is InChI=1S/C6H12BN3O3/c1-2-5(7)13-6(3-11,4-12)9-10-8/h5,11-12H,2-4H2,1H3/t5-/m1/s1. The van der Waals surface area contributed by atoms with E-state index >= 15 is 0 Å². The van der Waals surface area contributed by atoms with E-state index in [1.165, 1.54) is 0 Å². The van der Waals surface area contributed by atoms with Gasteiger partial charge in [-0.3, -0.25) is 0 Å². The van der Waals surface area contributed by atoms with E-state index in [1.807, 2.05) is 0 Å². The molecule has 6 nitrogen and oxygen atoms in total. The Balaban J connectivity index is 4.46. The third-order valence-corrected chi connectivity index (χ3v) is 1.49. The van der Waals surface area contributed by atoms with E-state index in [0.29, 0.717) is 6.42 Å². The minimum Gasteiger partial charge on any atom is -0.393 e. The molecular weight excluding hydrogens is 173 g/mol. The summed E-state index contributed by atoms with van der Waals surface area (Å²) in [4.78, 5) is 2.46. The van der Waals surface area contributed by atoms with E-state index in [9.17, 15) is 0 Å². The Morgan fingerprint density at radius 1 is 1.62 bits per heavy atom. The zero-order valence-electron chi connectivity index (χ0n) is 7.42. The first-order valence-corrected chi connectivity index (χ1v) is 3.85. The lowest BCUT2D eigenvalue weighted by Crippen LogP contribution is -2.41. The lowest BCUT2D eigenvalue weighted by molar-refractivity contribution is -0.117. The largest absolute Gasteiger partial charge is 0.393 e. The molecule has 72 valence electrons. The van der Waals surface area contributed by atoms with Crippen molar-refractivity contribution in [2.45, 2.75) is 25.1 Å². The summed E-state index contributed by atoms with van der Waals surface area (Å²) >= 11 is 0. The topological polar surface area (TPSA) is 98.5 Å². The molecule has 0 bridgehead atoms. The summed E-state index contributed by atoms with van der Waals surface area (Å²) in [5, 5.41) is 20.9. The van der Waals surface area contributed by atoms with Crippen molar-refractivity contribution in [2.75, 3.05) is 13.2 Å². The fourth-order valence-electron chi connectivity index (χ4n) is 0.658. The maximum absolute atomic E-state index is 8.85. The van der Waals surface area contributed by atoms with Gasteiger partial charge in [-0.25, -0.2) is 0 Å². The molecule has 0 heterocycles. The fourth-order valence-corrected chi connectivity index (χ4v) is 0.658. The molecule has 0 rings (SSSR count). The van der Waals surface area contributed by atoms with Crippen LogP contribution in [0.2, 0.25) is 0 Å². The molecule has 0 aromatic heterocycles. The lowest BCUT2D eigenvalue weighted by atomic mass is 9.97. The van der Waals surface area contributed by atoms with Crippen LogP contribution in [0.5, 0.6) is 0 Å². The number of rotatable bonds is 6. The number of aliphatic hydroxyl groups excluding tert-OH is 2. The van der Waals surface area contributed by atoms with Crippen LogP contribution in [-0.4, -0.2) is 43.0 Å². The van der Waals surface area contributed by atoms with Crippen LogP contribution in [0, 0.1) is 0 Å². The molecule has 0 spiro atoms. The molecule has 1 atom stereocenters. The van der Waals surface area contributed by atoms with Crippen LogP contribution in [0.4, 0.5) is 0 Å². The maximum atomic E-state index is 8.85. The van der Waals surface area contributed by atoms with Crippen LogP contribution < -0.4 is 0 Å². The van der Waals surface area contributed by atoms with Gasteiger partial charge in [0.2, 0.25) is 0 Å².